The highest BCUT2D eigenvalue weighted by molar-refractivity contribution is 5.55. The Hall–Kier alpha value is -2.36. The summed E-state index contributed by atoms with van der Waals surface area (Å²) in [6, 6.07) is 16.4. The monoisotopic (exact) mass is 432 g/mol. The highest BCUT2D eigenvalue weighted by atomic mass is 16.5. The van der Waals surface area contributed by atoms with Gasteiger partial charge in [0.1, 0.15) is 17.7 Å². The molecule has 4 aliphatic rings. The fraction of sp³-hybridized carbons (Fsp3) is 0.481. The van der Waals surface area contributed by atoms with Crippen molar-refractivity contribution in [1.29, 1.82) is 0 Å². The number of hydrogen-bond donors (Lipinski definition) is 2. The second-order valence-electron chi connectivity index (χ2n) is 9.46. The first-order valence-electron chi connectivity index (χ1n) is 11.6. The summed E-state index contributed by atoms with van der Waals surface area (Å²) >= 11 is 0. The van der Waals surface area contributed by atoms with Gasteiger partial charge in [0.25, 0.3) is 0 Å². The van der Waals surface area contributed by atoms with Crippen LogP contribution < -0.4 is 4.90 Å². The summed E-state index contributed by atoms with van der Waals surface area (Å²) in [6.45, 7) is 3.10. The highest BCUT2D eigenvalue weighted by Gasteiger charge is 2.54. The molecule has 2 N–H and O–H groups in total. The summed E-state index contributed by atoms with van der Waals surface area (Å²) in [5.41, 5.74) is 3.24. The molecule has 5 heteroatoms. The van der Waals surface area contributed by atoms with Gasteiger partial charge in [0.05, 0.1) is 6.10 Å². The van der Waals surface area contributed by atoms with Crippen molar-refractivity contribution < 1.29 is 14.9 Å². The van der Waals surface area contributed by atoms with E-state index in [1.54, 1.807) is 7.11 Å². The lowest BCUT2D eigenvalue weighted by Crippen LogP contribution is -2.63. The van der Waals surface area contributed by atoms with Crippen LogP contribution >= 0.6 is 0 Å². The number of benzene rings is 2. The van der Waals surface area contributed by atoms with Crippen LogP contribution in [0.25, 0.3) is 0 Å². The molecule has 4 aliphatic heterocycles. The van der Waals surface area contributed by atoms with Gasteiger partial charge in [-0.2, -0.15) is 0 Å². The number of hydrogen-bond acceptors (Lipinski definition) is 5. The maximum Gasteiger partial charge on any atom is 0.119 e. The Bertz CT molecular complexity index is 996. The van der Waals surface area contributed by atoms with E-state index in [0.29, 0.717) is 13.1 Å². The van der Waals surface area contributed by atoms with Crippen molar-refractivity contribution in [2.75, 3.05) is 38.2 Å². The minimum absolute atomic E-state index is 0.167. The molecule has 0 aromatic heterocycles. The molecule has 32 heavy (non-hydrogen) atoms. The zero-order chi connectivity index (χ0) is 22.3. The average Bonchev–Trinajstić information content (AvgIpc) is 3.21. The zero-order valence-corrected chi connectivity index (χ0v) is 18.7. The van der Waals surface area contributed by atoms with Gasteiger partial charge in [-0.15, -0.1) is 6.42 Å². The molecule has 0 spiro atoms. The second-order valence-corrected chi connectivity index (χ2v) is 9.46. The summed E-state index contributed by atoms with van der Waals surface area (Å²) in [4.78, 5) is 4.43. The van der Waals surface area contributed by atoms with Gasteiger partial charge in [-0.1, -0.05) is 42.3 Å². The Balaban J connectivity index is 1.57. The molecule has 5 nitrogen and oxygen atoms in total. The van der Waals surface area contributed by atoms with E-state index in [0.717, 1.165) is 49.2 Å². The largest absolute Gasteiger partial charge is 0.388 e. The lowest BCUT2D eigenvalue weighted by molar-refractivity contribution is -0.143. The molecule has 2 aromatic carbocycles. The second kappa shape index (κ2) is 8.53. The van der Waals surface area contributed by atoms with Gasteiger partial charge in [0, 0.05) is 25.9 Å². The van der Waals surface area contributed by atoms with Gasteiger partial charge in [0.2, 0.25) is 0 Å². The van der Waals surface area contributed by atoms with E-state index in [4.69, 9.17) is 11.2 Å². The topological polar surface area (TPSA) is 56.2 Å². The van der Waals surface area contributed by atoms with Crippen molar-refractivity contribution >= 4 is 5.69 Å². The third-order valence-electron chi connectivity index (χ3n) is 7.75. The minimum atomic E-state index is -1.05. The first kappa shape index (κ1) is 21.5. The molecule has 4 heterocycles. The normalized spacial score (nSPS) is 33.9. The Morgan fingerprint density at radius 2 is 1.88 bits per heavy atom. The van der Waals surface area contributed by atoms with E-state index in [1.165, 1.54) is 5.56 Å². The van der Waals surface area contributed by atoms with E-state index >= 15 is 0 Å². The molecule has 2 bridgehead atoms. The van der Waals surface area contributed by atoms with Crippen molar-refractivity contribution in [1.82, 2.24) is 4.90 Å². The van der Waals surface area contributed by atoms with Crippen LogP contribution in [0.3, 0.4) is 0 Å². The van der Waals surface area contributed by atoms with Gasteiger partial charge in [-0.05, 0) is 67.1 Å². The van der Waals surface area contributed by atoms with E-state index < -0.39 is 11.7 Å². The molecule has 4 fully saturated rings. The van der Waals surface area contributed by atoms with E-state index in [9.17, 15) is 10.2 Å². The number of terminal acetylenes is 1. The third-order valence-corrected chi connectivity index (χ3v) is 7.75. The van der Waals surface area contributed by atoms with E-state index in [-0.39, 0.29) is 18.1 Å². The number of ether oxygens (including phenoxy) is 1. The lowest BCUT2D eigenvalue weighted by atomic mass is 9.65. The molecule has 0 radical (unpaired) electrons. The van der Waals surface area contributed by atoms with Gasteiger partial charge in [-0.3, -0.25) is 4.90 Å². The van der Waals surface area contributed by atoms with Crippen molar-refractivity contribution in [2.45, 2.75) is 43.1 Å². The maximum absolute atomic E-state index is 12.2. The number of anilines is 1. The predicted molar refractivity (Wildman–Crippen MR) is 126 cm³/mol. The molecule has 0 aliphatic carbocycles. The zero-order valence-electron chi connectivity index (χ0n) is 18.7. The van der Waals surface area contributed by atoms with Crippen LogP contribution in [0, 0.1) is 18.3 Å². The Kier molecular flexibility index (Phi) is 5.73. The molecule has 4 saturated heterocycles. The Morgan fingerprint density at radius 1 is 1.12 bits per heavy atom. The van der Waals surface area contributed by atoms with Crippen LogP contribution in [0.2, 0.25) is 0 Å². The minimum Gasteiger partial charge on any atom is -0.388 e. The highest BCUT2D eigenvalue weighted by Crippen LogP contribution is 2.48. The summed E-state index contributed by atoms with van der Waals surface area (Å²) in [6.07, 6.45) is 7.94. The number of β-amino-alcohol motifs (C(OH)–C–C–N with tert-alkyl or cyclic N) is 1. The van der Waals surface area contributed by atoms with E-state index in [1.807, 2.05) is 18.2 Å². The predicted octanol–water partition coefficient (Wildman–Crippen LogP) is 2.39. The number of nitrogens with zero attached hydrogens (tertiary/aromatic N) is 2. The first-order valence-corrected chi connectivity index (χ1v) is 11.6. The Labute approximate surface area is 190 Å². The number of fused-ring (bicyclic) bond motifs is 3. The number of rotatable bonds is 5. The molecule has 6 rings (SSSR count). The smallest absolute Gasteiger partial charge is 0.119 e. The van der Waals surface area contributed by atoms with Crippen LogP contribution in [-0.4, -0.2) is 66.7 Å². The van der Waals surface area contributed by atoms with Crippen LogP contribution in [-0.2, 0) is 16.8 Å². The van der Waals surface area contributed by atoms with Gasteiger partial charge in [0.15, 0.2) is 0 Å². The van der Waals surface area contributed by atoms with Crippen LogP contribution in [0.4, 0.5) is 5.69 Å². The molecule has 0 amide bonds. The molecule has 4 atom stereocenters. The van der Waals surface area contributed by atoms with E-state index in [2.05, 4.69) is 46.1 Å². The van der Waals surface area contributed by atoms with Crippen LogP contribution in [0.15, 0.2) is 48.5 Å². The SMILES string of the molecule is C#CC1N2CCC(CC2)[C@@]1(O)c1ccc(N2C[C@@H](O)[C@H](OC)C2)cc1Cc1ccccc1. The van der Waals surface area contributed by atoms with Crippen LogP contribution in [0.1, 0.15) is 29.5 Å². The summed E-state index contributed by atoms with van der Waals surface area (Å²) in [5, 5.41) is 22.5. The molecular weight excluding hydrogens is 400 g/mol. The molecule has 2 aromatic rings. The van der Waals surface area contributed by atoms with Crippen LogP contribution in [0.5, 0.6) is 0 Å². The molecule has 168 valence electrons. The average molecular weight is 433 g/mol. The number of methoxy groups -OCH3 is 1. The van der Waals surface area contributed by atoms with Crippen molar-refractivity contribution in [2.24, 2.45) is 5.92 Å². The molecular formula is C27H32N2O3. The number of piperidine rings is 3. The summed E-state index contributed by atoms with van der Waals surface area (Å²) in [5.74, 6) is 3.09. The number of aliphatic hydroxyl groups is 2. The van der Waals surface area contributed by atoms with Gasteiger partial charge in [-0.25, -0.2) is 0 Å². The fourth-order valence-electron chi connectivity index (χ4n) is 6.03. The molecule has 0 saturated carbocycles. The standard InChI is InChI=1S/C27H32N2O3/c1-3-26-27(31,21-11-13-28(26)14-12-21)23-10-9-22(29-17-24(30)25(18-29)32-2)16-20(23)15-19-7-5-4-6-8-19/h1,4-10,16,21,24-26,30-31H,11-15,17-18H2,2H3/t24-,25-,26?,27-/m1/s1. The quantitative estimate of drug-likeness (QED) is 0.711. The fourth-order valence-corrected chi connectivity index (χ4v) is 6.03. The van der Waals surface area contributed by atoms with Gasteiger partial charge < -0.3 is 19.8 Å². The summed E-state index contributed by atoms with van der Waals surface area (Å²) < 4.78 is 5.44. The maximum atomic E-state index is 12.2. The summed E-state index contributed by atoms with van der Waals surface area (Å²) in [7, 11) is 1.64. The van der Waals surface area contributed by atoms with Crippen molar-refractivity contribution in [3.05, 3.63) is 65.2 Å². The Morgan fingerprint density at radius 3 is 2.53 bits per heavy atom. The number of aliphatic hydroxyl groups excluding tert-OH is 1. The van der Waals surface area contributed by atoms with Crippen molar-refractivity contribution in [3.63, 3.8) is 0 Å². The molecule has 1 unspecified atom stereocenters. The lowest BCUT2D eigenvalue weighted by Gasteiger charge is -2.55. The van der Waals surface area contributed by atoms with Crippen molar-refractivity contribution in [3.8, 4) is 12.3 Å². The third kappa shape index (κ3) is 3.52. The first-order chi connectivity index (χ1) is 15.5. The van der Waals surface area contributed by atoms with Gasteiger partial charge >= 0.3 is 0 Å².